The number of hydrogen-bond acceptors (Lipinski definition) is 3. The predicted octanol–water partition coefficient (Wildman–Crippen LogP) is 2.36. The number of carboxylic acid groups (broad SMARTS) is 1. The van der Waals surface area contributed by atoms with Gasteiger partial charge in [-0.3, -0.25) is 14.7 Å². The Hall–Kier alpha value is -2.63. The number of H-pyrrole nitrogens is 1. The number of carbonyl (C=O) groups is 2. The SMILES string of the molecule is CC(C)c1cc(C(=O)N2Cc3ccccc3C(C(=O)O)C2)n[nH]1. The maximum absolute atomic E-state index is 12.7. The van der Waals surface area contributed by atoms with E-state index in [4.69, 9.17) is 0 Å². The van der Waals surface area contributed by atoms with Gasteiger partial charge in [0, 0.05) is 18.8 Å². The number of carboxylic acids is 1. The van der Waals surface area contributed by atoms with Crippen LogP contribution in [0.2, 0.25) is 0 Å². The maximum Gasteiger partial charge on any atom is 0.312 e. The molecule has 0 radical (unpaired) electrons. The molecule has 23 heavy (non-hydrogen) atoms. The number of benzene rings is 1. The Balaban J connectivity index is 1.89. The van der Waals surface area contributed by atoms with Gasteiger partial charge < -0.3 is 10.0 Å². The van der Waals surface area contributed by atoms with Crippen molar-refractivity contribution < 1.29 is 14.7 Å². The molecule has 0 bridgehead atoms. The molecule has 1 atom stereocenters. The van der Waals surface area contributed by atoms with E-state index in [0.717, 1.165) is 16.8 Å². The third-order valence-electron chi connectivity index (χ3n) is 4.22. The van der Waals surface area contributed by atoms with Gasteiger partial charge in [0.05, 0.1) is 5.92 Å². The minimum atomic E-state index is -0.917. The van der Waals surface area contributed by atoms with Gasteiger partial charge >= 0.3 is 5.97 Å². The molecule has 3 rings (SSSR count). The van der Waals surface area contributed by atoms with Gasteiger partial charge in [-0.15, -0.1) is 0 Å². The summed E-state index contributed by atoms with van der Waals surface area (Å²) >= 11 is 0. The Bertz CT molecular complexity index is 751. The average molecular weight is 313 g/mol. The van der Waals surface area contributed by atoms with Crippen molar-refractivity contribution in [3.63, 3.8) is 0 Å². The van der Waals surface area contributed by atoms with Crippen molar-refractivity contribution in [2.45, 2.75) is 32.2 Å². The minimum Gasteiger partial charge on any atom is -0.481 e. The third-order valence-corrected chi connectivity index (χ3v) is 4.22. The van der Waals surface area contributed by atoms with Crippen LogP contribution in [0.5, 0.6) is 0 Å². The molecule has 2 heterocycles. The van der Waals surface area contributed by atoms with Gasteiger partial charge in [0.25, 0.3) is 5.91 Å². The summed E-state index contributed by atoms with van der Waals surface area (Å²) in [6, 6.07) is 9.12. The predicted molar refractivity (Wildman–Crippen MR) is 84.2 cm³/mol. The lowest BCUT2D eigenvalue weighted by molar-refractivity contribution is -0.139. The Kier molecular flexibility index (Phi) is 3.90. The molecule has 1 aromatic carbocycles. The highest BCUT2D eigenvalue weighted by Crippen LogP contribution is 2.29. The van der Waals surface area contributed by atoms with Crippen LogP contribution in [0.1, 0.15) is 53.0 Å². The van der Waals surface area contributed by atoms with E-state index in [0.29, 0.717) is 12.2 Å². The molecule has 2 aromatic rings. The molecule has 0 saturated heterocycles. The van der Waals surface area contributed by atoms with Crippen LogP contribution < -0.4 is 0 Å². The van der Waals surface area contributed by atoms with E-state index >= 15 is 0 Å². The lowest BCUT2D eigenvalue weighted by Gasteiger charge is -2.32. The second kappa shape index (κ2) is 5.87. The summed E-state index contributed by atoms with van der Waals surface area (Å²) in [5.74, 6) is -1.61. The van der Waals surface area contributed by atoms with E-state index in [9.17, 15) is 14.7 Å². The number of carbonyl (C=O) groups excluding carboxylic acids is 1. The summed E-state index contributed by atoms with van der Waals surface area (Å²) in [5.41, 5.74) is 2.88. The van der Waals surface area contributed by atoms with Crippen LogP contribution in [-0.4, -0.2) is 38.6 Å². The second-order valence-electron chi connectivity index (χ2n) is 6.14. The van der Waals surface area contributed by atoms with Crippen molar-refractivity contribution in [1.82, 2.24) is 15.1 Å². The molecule has 6 heteroatoms. The van der Waals surface area contributed by atoms with E-state index in [1.165, 1.54) is 0 Å². The van der Waals surface area contributed by atoms with Gasteiger partial charge in [-0.2, -0.15) is 5.10 Å². The van der Waals surface area contributed by atoms with Crippen LogP contribution in [0, 0.1) is 0 Å². The zero-order chi connectivity index (χ0) is 16.6. The summed E-state index contributed by atoms with van der Waals surface area (Å²) in [5, 5.41) is 16.4. The quantitative estimate of drug-likeness (QED) is 0.910. The van der Waals surface area contributed by atoms with E-state index in [-0.39, 0.29) is 18.4 Å². The molecule has 2 N–H and O–H groups in total. The van der Waals surface area contributed by atoms with Crippen LogP contribution in [0.15, 0.2) is 30.3 Å². The Labute approximate surface area is 134 Å². The molecule has 0 fully saturated rings. The lowest BCUT2D eigenvalue weighted by Crippen LogP contribution is -2.40. The van der Waals surface area contributed by atoms with E-state index in [1.807, 2.05) is 38.1 Å². The van der Waals surface area contributed by atoms with Gasteiger partial charge in [0.2, 0.25) is 0 Å². The Morgan fingerprint density at radius 2 is 2.09 bits per heavy atom. The van der Waals surface area contributed by atoms with Crippen LogP contribution in [0.4, 0.5) is 0 Å². The fourth-order valence-electron chi connectivity index (χ4n) is 2.88. The van der Waals surface area contributed by atoms with Crippen molar-refractivity contribution in [1.29, 1.82) is 0 Å². The average Bonchev–Trinajstić information content (AvgIpc) is 3.03. The van der Waals surface area contributed by atoms with Gasteiger partial charge in [0.15, 0.2) is 0 Å². The zero-order valence-corrected chi connectivity index (χ0v) is 13.1. The van der Waals surface area contributed by atoms with Crippen LogP contribution in [0.3, 0.4) is 0 Å². The fourth-order valence-corrected chi connectivity index (χ4v) is 2.88. The number of aromatic nitrogens is 2. The number of amides is 1. The minimum absolute atomic E-state index is 0.162. The third kappa shape index (κ3) is 2.84. The number of nitrogens with one attached hydrogen (secondary N) is 1. The normalized spacial score (nSPS) is 17.2. The standard InChI is InChI=1S/C17H19N3O3/c1-10(2)14-7-15(19-18-14)16(21)20-8-11-5-3-4-6-12(11)13(9-20)17(22)23/h3-7,10,13H,8-9H2,1-2H3,(H,18,19)(H,22,23). The summed E-state index contributed by atoms with van der Waals surface area (Å²) in [4.78, 5) is 25.8. The first-order valence-corrected chi connectivity index (χ1v) is 7.62. The molecule has 120 valence electrons. The molecule has 1 aliphatic heterocycles. The highest BCUT2D eigenvalue weighted by Gasteiger charge is 2.33. The Morgan fingerprint density at radius 1 is 1.35 bits per heavy atom. The van der Waals surface area contributed by atoms with Gasteiger partial charge in [-0.05, 0) is 23.1 Å². The number of hydrogen-bond donors (Lipinski definition) is 2. The largest absolute Gasteiger partial charge is 0.481 e. The smallest absolute Gasteiger partial charge is 0.312 e. The van der Waals surface area contributed by atoms with Crippen LogP contribution in [0.25, 0.3) is 0 Å². The van der Waals surface area contributed by atoms with Crippen molar-refractivity contribution in [3.05, 3.63) is 52.8 Å². The summed E-state index contributed by atoms with van der Waals surface area (Å²) < 4.78 is 0. The molecular weight excluding hydrogens is 294 g/mol. The van der Waals surface area contributed by atoms with E-state index < -0.39 is 11.9 Å². The number of fused-ring (bicyclic) bond motifs is 1. The first-order valence-electron chi connectivity index (χ1n) is 7.62. The molecule has 6 nitrogen and oxygen atoms in total. The second-order valence-corrected chi connectivity index (χ2v) is 6.14. The van der Waals surface area contributed by atoms with E-state index in [2.05, 4.69) is 10.2 Å². The molecular formula is C17H19N3O3. The molecule has 1 unspecified atom stereocenters. The molecule has 1 amide bonds. The van der Waals surface area contributed by atoms with Crippen molar-refractivity contribution in [2.24, 2.45) is 0 Å². The zero-order valence-electron chi connectivity index (χ0n) is 13.1. The molecule has 0 aliphatic carbocycles. The first-order chi connectivity index (χ1) is 11.0. The monoisotopic (exact) mass is 313 g/mol. The van der Waals surface area contributed by atoms with E-state index in [1.54, 1.807) is 11.0 Å². The van der Waals surface area contributed by atoms with Gasteiger partial charge in [0.1, 0.15) is 5.69 Å². The van der Waals surface area contributed by atoms with Crippen LogP contribution >= 0.6 is 0 Å². The highest BCUT2D eigenvalue weighted by molar-refractivity contribution is 5.93. The summed E-state index contributed by atoms with van der Waals surface area (Å²) in [6.45, 7) is 4.59. The molecule has 1 aromatic heterocycles. The topological polar surface area (TPSA) is 86.3 Å². The fraction of sp³-hybridized carbons (Fsp3) is 0.353. The number of nitrogens with zero attached hydrogens (tertiary/aromatic N) is 2. The lowest BCUT2D eigenvalue weighted by atomic mass is 9.89. The van der Waals surface area contributed by atoms with Crippen molar-refractivity contribution >= 4 is 11.9 Å². The van der Waals surface area contributed by atoms with Crippen molar-refractivity contribution in [2.75, 3.05) is 6.54 Å². The van der Waals surface area contributed by atoms with Gasteiger partial charge in [-0.25, -0.2) is 0 Å². The summed E-state index contributed by atoms with van der Waals surface area (Å²) in [6.07, 6.45) is 0. The summed E-state index contributed by atoms with van der Waals surface area (Å²) in [7, 11) is 0. The van der Waals surface area contributed by atoms with Crippen LogP contribution in [-0.2, 0) is 11.3 Å². The number of rotatable bonds is 3. The number of aliphatic carboxylic acids is 1. The maximum atomic E-state index is 12.7. The van der Waals surface area contributed by atoms with Gasteiger partial charge in [-0.1, -0.05) is 38.1 Å². The molecule has 1 aliphatic rings. The molecule has 0 spiro atoms. The molecule has 0 saturated carbocycles. The number of aromatic amines is 1. The Morgan fingerprint density at radius 3 is 2.74 bits per heavy atom. The first kappa shape index (κ1) is 15.3. The highest BCUT2D eigenvalue weighted by atomic mass is 16.4. The van der Waals surface area contributed by atoms with Crippen molar-refractivity contribution in [3.8, 4) is 0 Å².